The molecule has 2 aromatic carbocycles. The highest BCUT2D eigenvalue weighted by Crippen LogP contribution is 2.54. The second-order valence-electron chi connectivity index (χ2n) is 12.5. The minimum Gasteiger partial charge on any atom is -0.487 e. The van der Waals surface area contributed by atoms with Crippen molar-refractivity contribution in [1.29, 1.82) is 0 Å². The van der Waals surface area contributed by atoms with Crippen LogP contribution in [0.4, 0.5) is 0 Å². The van der Waals surface area contributed by atoms with Gasteiger partial charge in [0.2, 0.25) is 0 Å². The van der Waals surface area contributed by atoms with Crippen molar-refractivity contribution in [2.24, 2.45) is 10.8 Å². The van der Waals surface area contributed by atoms with Crippen LogP contribution in [0, 0.1) is 10.8 Å². The number of hydrogen-bond acceptors (Lipinski definition) is 6. The van der Waals surface area contributed by atoms with Crippen molar-refractivity contribution in [3.8, 4) is 11.4 Å². The summed E-state index contributed by atoms with van der Waals surface area (Å²) in [6.07, 6.45) is 3.96. The highest BCUT2D eigenvalue weighted by atomic mass is 79.9. The Labute approximate surface area is 242 Å². The van der Waals surface area contributed by atoms with E-state index in [1.54, 1.807) is 4.68 Å². The predicted molar refractivity (Wildman–Crippen MR) is 154 cm³/mol. The molecule has 0 saturated heterocycles. The summed E-state index contributed by atoms with van der Waals surface area (Å²) in [4.78, 5) is 27.3. The number of benzene rings is 2. The van der Waals surface area contributed by atoms with E-state index in [4.69, 9.17) is 9.47 Å². The van der Waals surface area contributed by atoms with Crippen LogP contribution in [-0.2, 0) is 20.9 Å². The van der Waals surface area contributed by atoms with E-state index in [0.717, 1.165) is 15.7 Å². The number of carbonyl (C=O) groups excluding carboxylic acids is 2. The number of nitrogens with zero attached hydrogens (tertiary/aromatic N) is 3. The van der Waals surface area contributed by atoms with Gasteiger partial charge in [0.25, 0.3) is 0 Å². The first-order valence-electron chi connectivity index (χ1n) is 13.6. The van der Waals surface area contributed by atoms with Crippen LogP contribution in [0.3, 0.4) is 0 Å². The van der Waals surface area contributed by atoms with Crippen LogP contribution in [0.25, 0.3) is 5.69 Å². The van der Waals surface area contributed by atoms with Crippen LogP contribution in [0.2, 0.25) is 0 Å². The average molecular weight is 603 g/mol. The monoisotopic (exact) mass is 601 g/mol. The number of aromatic nitrogens is 3. The highest BCUT2D eigenvalue weighted by molar-refractivity contribution is 9.10. The smallest absolute Gasteiger partial charge is 0.163 e. The summed E-state index contributed by atoms with van der Waals surface area (Å²) in [5, 5.41) is 8.53. The standard InChI is InChI=1S/C32H32BrN3O4/c1-31(2)13-23(37)29-26(15-31)40-27-16-32(3,4)14-24(38)30(27)28(29)22-7-5-6-8-25(22)39-18-20-17-36(35-34-20)21-11-9-19(33)10-12-21/h5-12,17,28H,13-16,18H2,1-4H3. The van der Waals surface area contributed by atoms with Crippen molar-refractivity contribution in [1.82, 2.24) is 15.0 Å². The minimum atomic E-state index is -0.513. The molecule has 7 nitrogen and oxygen atoms in total. The van der Waals surface area contributed by atoms with E-state index in [1.807, 2.05) is 54.7 Å². The quantitative estimate of drug-likeness (QED) is 0.313. The lowest BCUT2D eigenvalue weighted by atomic mass is 9.65. The van der Waals surface area contributed by atoms with Crippen LogP contribution in [0.15, 0.2) is 81.9 Å². The molecule has 0 radical (unpaired) electrons. The first-order valence-corrected chi connectivity index (χ1v) is 14.4. The zero-order chi connectivity index (χ0) is 28.2. The summed E-state index contributed by atoms with van der Waals surface area (Å²) in [6.45, 7) is 8.55. The second kappa shape index (κ2) is 9.84. The molecule has 1 aliphatic heterocycles. The van der Waals surface area contributed by atoms with Crippen molar-refractivity contribution in [3.05, 3.63) is 93.1 Å². The predicted octanol–water partition coefficient (Wildman–Crippen LogP) is 7.01. The molecule has 0 saturated carbocycles. The Balaban J connectivity index is 1.36. The summed E-state index contributed by atoms with van der Waals surface area (Å²) in [7, 11) is 0. The summed E-state index contributed by atoms with van der Waals surface area (Å²) in [5.41, 5.74) is 3.14. The molecule has 0 spiro atoms. The van der Waals surface area contributed by atoms with Crippen LogP contribution >= 0.6 is 15.9 Å². The number of ether oxygens (including phenoxy) is 2. The molecule has 0 bridgehead atoms. The van der Waals surface area contributed by atoms with Crippen LogP contribution < -0.4 is 4.74 Å². The van der Waals surface area contributed by atoms with Gasteiger partial charge in [0.1, 0.15) is 29.6 Å². The van der Waals surface area contributed by atoms with E-state index in [2.05, 4.69) is 53.9 Å². The Hall–Kier alpha value is -3.52. The maximum Gasteiger partial charge on any atom is 0.163 e. The van der Waals surface area contributed by atoms with Gasteiger partial charge in [-0.05, 0) is 41.2 Å². The summed E-state index contributed by atoms with van der Waals surface area (Å²) in [5.74, 6) is 1.56. The van der Waals surface area contributed by atoms with E-state index in [-0.39, 0.29) is 29.0 Å². The number of hydrogen-bond donors (Lipinski definition) is 0. The second-order valence-corrected chi connectivity index (χ2v) is 13.5. The van der Waals surface area contributed by atoms with Crippen LogP contribution in [-0.4, -0.2) is 26.6 Å². The first-order chi connectivity index (χ1) is 19.0. The van der Waals surface area contributed by atoms with Gasteiger partial charge in [-0.2, -0.15) is 0 Å². The molecule has 1 aromatic heterocycles. The molecular formula is C32H32BrN3O4. The molecule has 0 unspecified atom stereocenters. The third-order valence-electron chi connectivity index (χ3n) is 7.82. The number of Topliss-reactive ketones (excluding diaryl/α,β-unsaturated/α-hetero) is 2. The molecule has 6 rings (SSSR count). The largest absolute Gasteiger partial charge is 0.487 e. The molecule has 3 aromatic rings. The van der Waals surface area contributed by atoms with Crippen molar-refractivity contribution in [3.63, 3.8) is 0 Å². The van der Waals surface area contributed by atoms with Gasteiger partial charge in [-0.1, -0.05) is 67.0 Å². The fourth-order valence-corrected chi connectivity index (χ4v) is 6.34. The Bertz CT molecular complexity index is 1530. The van der Waals surface area contributed by atoms with E-state index in [9.17, 15) is 9.59 Å². The number of ketones is 2. The lowest BCUT2D eigenvalue weighted by molar-refractivity contribution is -0.120. The molecule has 8 heteroatoms. The van der Waals surface area contributed by atoms with Gasteiger partial charge in [0.15, 0.2) is 11.6 Å². The molecule has 3 aliphatic rings. The molecular weight excluding hydrogens is 570 g/mol. The van der Waals surface area contributed by atoms with Gasteiger partial charge >= 0.3 is 0 Å². The van der Waals surface area contributed by atoms with Gasteiger partial charge in [-0.25, -0.2) is 4.68 Å². The molecule has 0 atom stereocenters. The first kappa shape index (κ1) is 26.7. The molecule has 2 heterocycles. The molecule has 0 N–H and O–H groups in total. The molecule has 2 aliphatic carbocycles. The normalized spacial score (nSPS) is 20.2. The average Bonchev–Trinajstić information content (AvgIpc) is 3.34. The van der Waals surface area contributed by atoms with Gasteiger partial charge in [0, 0.05) is 46.9 Å². The number of rotatable bonds is 5. The zero-order valence-corrected chi connectivity index (χ0v) is 24.7. The number of halogens is 1. The van der Waals surface area contributed by atoms with E-state index in [0.29, 0.717) is 59.8 Å². The SMILES string of the molecule is CC1(C)CC(=O)C2=C(C1)OC1=C(C(=O)CC(C)(C)C1)C2c1ccccc1OCc1cn(-c2ccc(Br)cc2)nn1. The lowest BCUT2D eigenvalue weighted by Gasteiger charge is -2.43. The topological polar surface area (TPSA) is 83.3 Å². The summed E-state index contributed by atoms with van der Waals surface area (Å²) in [6, 6.07) is 15.5. The zero-order valence-electron chi connectivity index (χ0n) is 23.2. The summed E-state index contributed by atoms with van der Waals surface area (Å²) >= 11 is 3.45. The van der Waals surface area contributed by atoms with Crippen LogP contribution in [0.5, 0.6) is 5.75 Å². The Morgan fingerprint density at radius 1 is 0.900 bits per heavy atom. The van der Waals surface area contributed by atoms with E-state index < -0.39 is 5.92 Å². The molecule has 206 valence electrons. The van der Waals surface area contributed by atoms with Crippen molar-refractivity contribution < 1.29 is 19.1 Å². The minimum absolute atomic E-state index is 0.0349. The van der Waals surface area contributed by atoms with E-state index >= 15 is 0 Å². The maximum atomic E-state index is 13.6. The fraction of sp³-hybridized carbons (Fsp3) is 0.375. The number of para-hydroxylation sites is 1. The van der Waals surface area contributed by atoms with Gasteiger partial charge in [0.05, 0.1) is 17.8 Å². The molecule has 0 amide bonds. The van der Waals surface area contributed by atoms with Gasteiger partial charge < -0.3 is 9.47 Å². The Kier molecular flexibility index (Phi) is 6.56. The summed E-state index contributed by atoms with van der Waals surface area (Å²) < 4.78 is 15.4. The van der Waals surface area contributed by atoms with Crippen molar-refractivity contribution in [2.45, 2.75) is 65.9 Å². The maximum absolute atomic E-state index is 13.6. The molecule has 0 fully saturated rings. The van der Waals surface area contributed by atoms with Gasteiger partial charge in [-0.15, -0.1) is 5.10 Å². The Morgan fingerprint density at radius 2 is 1.50 bits per heavy atom. The fourth-order valence-electron chi connectivity index (χ4n) is 6.07. The number of allylic oxidation sites excluding steroid dienone is 4. The molecule has 40 heavy (non-hydrogen) atoms. The third kappa shape index (κ3) is 5.05. The van der Waals surface area contributed by atoms with Crippen molar-refractivity contribution in [2.75, 3.05) is 0 Å². The van der Waals surface area contributed by atoms with E-state index in [1.165, 1.54) is 0 Å². The van der Waals surface area contributed by atoms with Crippen molar-refractivity contribution >= 4 is 27.5 Å². The lowest BCUT2D eigenvalue weighted by Crippen LogP contribution is -2.37. The third-order valence-corrected chi connectivity index (χ3v) is 8.35. The highest BCUT2D eigenvalue weighted by Gasteiger charge is 2.48. The Morgan fingerprint density at radius 3 is 2.12 bits per heavy atom. The van der Waals surface area contributed by atoms with Gasteiger partial charge in [-0.3, -0.25) is 9.59 Å². The van der Waals surface area contributed by atoms with Crippen LogP contribution in [0.1, 0.15) is 70.6 Å². The number of carbonyl (C=O) groups is 2.